The van der Waals surface area contributed by atoms with Crippen molar-refractivity contribution in [3.05, 3.63) is 94.8 Å². The molecule has 0 aliphatic carbocycles. The Bertz CT molecular complexity index is 1270. The smallest absolute Gasteiger partial charge is 0.243 e. The van der Waals surface area contributed by atoms with Crippen molar-refractivity contribution in [2.45, 2.75) is 52.5 Å². The maximum atomic E-state index is 13.5. The number of fused-ring (bicyclic) bond motifs is 1. The highest BCUT2D eigenvalue weighted by atomic mass is 19.1. The van der Waals surface area contributed by atoms with Gasteiger partial charge < -0.3 is 9.88 Å². The minimum absolute atomic E-state index is 0.0179. The van der Waals surface area contributed by atoms with Gasteiger partial charge in [-0.2, -0.15) is 0 Å². The molecule has 5 nitrogen and oxygen atoms in total. The molecule has 0 bridgehead atoms. The number of aromatic nitrogens is 3. The molecule has 2 heterocycles. The molecule has 4 aromatic rings. The molecule has 2 aromatic heterocycles. The maximum Gasteiger partial charge on any atom is 0.243 e. The third kappa shape index (κ3) is 5.33. The third-order valence-electron chi connectivity index (χ3n) is 6.24. The Kier molecular flexibility index (Phi) is 7.36. The largest absolute Gasteiger partial charge is 0.354 e. The molecule has 0 fully saturated rings. The first-order valence-electron chi connectivity index (χ1n) is 11.9. The van der Waals surface area contributed by atoms with Gasteiger partial charge in [0.25, 0.3) is 0 Å². The van der Waals surface area contributed by atoms with E-state index >= 15 is 0 Å². The zero-order valence-corrected chi connectivity index (χ0v) is 20.0. The Hall–Kier alpha value is -3.54. The van der Waals surface area contributed by atoms with Crippen LogP contribution in [0.25, 0.3) is 11.0 Å². The number of pyridine rings is 1. The van der Waals surface area contributed by atoms with Crippen molar-refractivity contribution >= 4 is 16.9 Å². The van der Waals surface area contributed by atoms with Crippen molar-refractivity contribution in [1.82, 2.24) is 19.9 Å². The van der Waals surface area contributed by atoms with Crippen LogP contribution in [0.3, 0.4) is 0 Å². The fourth-order valence-electron chi connectivity index (χ4n) is 4.29. The second-order valence-electron chi connectivity index (χ2n) is 8.79. The van der Waals surface area contributed by atoms with Gasteiger partial charge in [-0.05, 0) is 73.4 Å². The Balaban J connectivity index is 1.67. The van der Waals surface area contributed by atoms with E-state index in [4.69, 9.17) is 4.98 Å². The predicted octanol–water partition coefficient (Wildman–Crippen LogP) is 5.48. The summed E-state index contributed by atoms with van der Waals surface area (Å²) in [7, 11) is 0. The lowest BCUT2D eigenvalue weighted by atomic mass is 10.1. The van der Waals surface area contributed by atoms with Crippen LogP contribution in [0.4, 0.5) is 4.39 Å². The number of benzene rings is 2. The van der Waals surface area contributed by atoms with Crippen LogP contribution in [0.5, 0.6) is 0 Å². The van der Waals surface area contributed by atoms with Gasteiger partial charge in [0, 0.05) is 31.3 Å². The molecule has 0 saturated heterocycles. The Morgan fingerprint density at radius 1 is 1.09 bits per heavy atom. The maximum absolute atomic E-state index is 13.5. The Labute approximate surface area is 200 Å². The van der Waals surface area contributed by atoms with Gasteiger partial charge in [-0.25, -0.2) is 9.37 Å². The van der Waals surface area contributed by atoms with Gasteiger partial charge in [0.2, 0.25) is 5.91 Å². The molecular weight excluding hydrogens is 427 g/mol. The fraction of sp³-hybridized carbons (Fsp3) is 0.321. The summed E-state index contributed by atoms with van der Waals surface area (Å²) in [4.78, 5) is 22.7. The predicted molar refractivity (Wildman–Crippen MR) is 133 cm³/mol. The monoisotopic (exact) mass is 458 g/mol. The SMILES string of the molecule is CCC[C@H](C(=O)NCCc1ccccn1)n1c(Cc2ccc(F)cc2)nc2cc(C)c(C)cc21. The average molecular weight is 459 g/mol. The topological polar surface area (TPSA) is 59.8 Å². The number of nitrogens with zero attached hydrogens (tertiary/aromatic N) is 3. The van der Waals surface area contributed by atoms with Gasteiger partial charge in [0.15, 0.2) is 0 Å². The lowest BCUT2D eigenvalue weighted by Gasteiger charge is -2.21. The van der Waals surface area contributed by atoms with E-state index < -0.39 is 0 Å². The van der Waals surface area contributed by atoms with Crippen LogP contribution in [0, 0.1) is 19.7 Å². The highest BCUT2D eigenvalue weighted by Crippen LogP contribution is 2.28. The summed E-state index contributed by atoms with van der Waals surface area (Å²) in [5, 5.41) is 3.12. The quantitative estimate of drug-likeness (QED) is 0.361. The summed E-state index contributed by atoms with van der Waals surface area (Å²) in [5.41, 5.74) is 6.06. The number of hydrogen-bond donors (Lipinski definition) is 1. The van der Waals surface area contributed by atoms with Crippen LogP contribution in [0.15, 0.2) is 60.8 Å². The van der Waals surface area contributed by atoms with Crippen LogP contribution in [-0.4, -0.2) is 27.0 Å². The Morgan fingerprint density at radius 3 is 2.56 bits per heavy atom. The summed E-state index contributed by atoms with van der Waals surface area (Å²) in [5.74, 6) is 0.528. The van der Waals surface area contributed by atoms with Crippen molar-refractivity contribution in [3.63, 3.8) is 0 Å². The zero-order valence-electron chi connectivity index (χ0n) is 20.0. The number of imidazole rings is 1. The highest BCUT2D eigenvalue weighted by Gasteiger charge is 2.25. The van der Waals surface area contributed by atoms with E-state index in [1.807, 2.05) is 18.2 Å². The molecule has 0 aliphatic heterocycles. The molecule has 0 unspecified atom stereocenters. The average Bonchev–Trinajstić information content (AvgIpc) is 3.16. The van der Waals surface area contributed by atoms with E-state index in [0.717, 1.165) is 45.7 Å². The molecule has 0 radical (unpaired) electrons. The normalized spacial score (nSPS) is 12.1. The first-order chi connectivity index (χ1) is 16.5. The van der Waals surface area contributed by atoms with Gasteiger partial charge in [-0.3, -0.25) is 9.78 Å². The number of nitrogens with one attached hydrogen (secondary N) is 1. The number of rotatable bonds is 9. The molecule has 0 saturated carbocycles. The number of halogens is 1. The van der Waals surface area contributed by atoms with E-state index in [2.05, 4.69) is 47.8 Å². The van der Waals surface area contributed by atoms with E-state index in [0.29, 0.717) is 25.8 Å². The number of carbonyl (C=O) groups is 1. The van der Waals surface area contributed by atoms with Crippen molar-refractivity contribution in [1.29, 1.82) is 0 Å². The van der Waals surface area contributed by atoms with E-state index in [1.54, 1.807) is 18.3 Å². The van der Waals surface area contributed by atoms with Crippen molar-refractivity contribution < 1.29 is 9.18 Å². The summed E-state index contributed by atoms with van der Waals surface area (Å²) in [6.07, 6.45) is 4.52. The first kappa shape index (κ1) is 23.6. The molecule has 6 heteroatoms. The molecular formula is C28H31FN4O. The fourth-order valence-corrected chi connectivity index (χ4v) is 4.29. The molecule has 4 rings (SSSR count). The first-order valence-corrected chi connectivity index (χ1v) is 11.9. The van der Waals surface area contributed by atoms with Gasteiger partial charge in [0.05, 0.1) is 11.0 Å². The lowest BCUT2D eigenvalue weighted by molar-refractivity contribution is -0.124. The van der Waals surface area contributed by atoms with Crippen molar-refractivity contribution in [2.24, 2.45) is 0 Å². The number of hydrogen-bond acceptors (Lipinski definition) is 3. The summed E-state index contributed by atoms with van der Waals surface area (Å²) < 4.78 is 15.5. The van der Waals surface area contributed by atoms with Gasteiger partial charge in [0.1, 0.15) is 17.7 Å². The minimum atomic E-state index is -0.378. The van der Waals surface area contributed by atoms with Crippen LogP contribution < -0.4 is 5.32 Å². The summed E-state index contributed by atoms with van der Waals surface area (Å²) >= 11 is 0. The second kappa shape index (κ2) is 10.6. The van der Waals surface area contributed by atoms with E-state index in [9.17, 15) is 9.18 Å². The number of carbonyl (C=O) groups excluding carboxylic acids is 1. The van der Waals surface area contributed by atoms with Crippen LogP contribution in [-0.2, 0) is 17.6 Å². The summed E-state index contributed by atoms with van der Waals surface area (Å²) in [6, 6.07) is 16.1. The van der Waals surface area contributed by atoms with Crippen LogP contribution in [0.2, 0.25) is 0 Å². The molecule has 1 N–H and O–H groups in total. The molecule has 0 aliphatic rings. The van der Waals surface area contributed by atoms with Crippen molar-refractivity contribution in [2.75, 3.05) is 6.54 Å². The van der Waals surface area contributed by atoms with Crippen LogP contribution in [0.1, 0.15) is 54.0 Å². The van der Waals surface area contributed by atoms with Gasteiger partial charge in [-0.1, -0.05) is 31.5 Å². The highest BCUT2D eigenvalue weighted by molar-refractivity contribution is 5.85. The van der Waals surface area contributed by atoms with Gasteiger partial charge in [-0.15, -0.1) is 0 Å². The van der Waals surface area contributed by atoms with Crippen LogP contribution >= 0.6 is 0 Å². The minimum Gasteiger partial charge on any atom is -0.354 e. The molecule has 34 heavy (non-hydrogen) atoms. The molecule has 1 amide bonds. The van der Waals surface area contributed by atoms with E-state index in [-0.39, 0.29) is 17.8 Å². The second-order valence-corrected chi connectivity index (χ2v) is 8.79. The van der Waals surface area contributed by atoms with Crippen molar-refractivity contribution in [3.8, 4) is 0 Å². The van der Waals surface area contributed by atoms with E-state index in [1.165, 1.54) is 12.1 Å². The number of aryl methyl sites for hydroxylation is 2. The third-order valence-corrected chi connectivity index (χ3v) is 6.24. The van der Waals surface area contributed by atoms with Gasteiger partial charge >= 0.3 is 0 Å². The Morgan fingerprint density at radius 2 is 1.85 bits per heavy atom. The lowest BCUT2D eigenvalue weighted by Crippen LogP contribution is -2.34. The standard InChI is InChI=1S/C28H31FN4O/c1-4-7-25(28(34)31-15-13-23-8-5-6-14-30-23)33-26-17-20(3)19(2)16-24(26)32-27(33)18-21-9-11-22(29)12-10-21/h5-6,8-12,14,16-17,25H,4,7,13,15,18H2,1-3H3,(H,31,34)/t25-/m1/s1. The molecule has 2 aromatic carbocycles. The zero-order chi connectivity index (χ0) is 24.1. The summed E-state index contributed by atoms with van der Waals surface area (Å²) in [6.45, 7) is 6.76. The molecule has 176 valence electrons. The molecule has 0 spiro atoms. The molecule has 1 atom stereocenters. The number of amides is 1.